The van der Waals surface area contributed by atoms with E-state index in [0.717, 1.165) is 0 Å². The lowest BCUT2D eigenvalue weighted by atomic mass is 9.89. The Labute approximate surface area is 134 Å². The van der Waals surface area contributed by atoms with Crippen molar-refractivity contribution in [2.45, 2.75) is 26.9 Å². The first-order valence-electron chi connectivity index (χ1n) is 6.83. The van der Waals surface area contributed by atoms with Crippen molar-refractivity contribution >= 4 is 23.1 Å². The van der Waals surface area contributed by atoms with Crippen LogP contribution in [0, 0.1) is 5.41 Å². The van der Waals surface area contributed by atoms with Gasteiger partial charge in [-0.1, -0.05) is 44.5 Å². The van der Waals surface area contributed by atoms with Gasteiger partial charge in [0.1, 0.15) is 18.8 Å². The largest absolute Gasteiger partial charge is 0.382 e. The number of halogens is 1. The highest BCUT2D eigenvalue weighted by Gasteiger charge is 2.23. The number of aromatic nitrogens is 3. The lowest BCUT2D eigenvalue weighted by molar-refractivity contribution is -0.121. The van der Waals surface area contributed by atoms with Gasteiger partial charge in [0, 0.05) is 16.5 Å². The molecule has 1 N–H and O–H groups in total. The number of nitrogens with zero attached hydrogens (tertiary/aromatic N) is 3. The summed E-state index contributed by atoms with van der Waals surface area (Å²) in [6, 6.07) is 6.79. The van der Waals surface area contributed by atoms with E-state index in [1.54, 1.807) is 24.3 Å². The molecule has 0 radical (unpaired) electrons. The summed E-state index contributed by atoms with van der Waals surface area (Å²) in [5, 5.41) is 15.2. The first kappa shape index (κ1) is 16.4. The summed E-state index contributed by atoms with van der Waals surface area (Å²) in [7, 11) is 0. The van der Waals surface area contributed by atoms with Crippen molar-refractivity contribution in [1.29, 1.82) is 0 Å². The molecule has 0 aliphatic rings. The Morgan fingerprint density at radius 1 is 1.32 bits per heavy atom. The molecular weight excluding hydrogens is 302 g/mol. The van der Waals surface area contributed by atoms with Crippen molar-refractivity contribution in [3.63, 3.8) is 0 Å². The van der Waals surface area contributed by atoms with Crippen LogP contribution in [0.3, 0.4) is 0 Å². The molecule has 0 amide bonds. The van der Waals surface area contributed by atoms with Gasteiger partial charge in [0.2, 0.25) is 0 Å². The molecule has 1 unspecified atom stereocenters. The van der Waals surface area contributed by atoms with E-state index < -0.39 is 11.5 Å². The predicted molar refractivity (Wildman–Crippen MR) is 85.2 cm³/mol. The third-order valence-electron chi connectivity index (χ3n) is 3.17. The van der Waals surface area contributed by atoms with Crippen LogP contribution >= 0.6 is 11.6 Å². The summed E-state index contributed by atoms with van der Waals surface area (Å²) in [5.41, 5.74) is 0.415. The molecule has 0 spiro atoms. The number of rotatable bonds is 4. The fourth-order valence-corrected chi connectivity index (χ4v) is 1.90. The zero-order valence-electron chi connectivity index (χ0n) is 12.7. The van der Waals surface area contributed by atoms with Crippen LogP contribution in [0.5, 0.6) is 0 Å². The van der Waals surface area contributed by atoms with Crippen LogP contribution in [0.4, 0.5) is 0 Å². The van der Waals surface area contributed by atoms with E-state index >= 15 is 0 Å². The van der Waals surface area contributed by atoms with Gasteiger partial charge >= 0.3 is 0 Å². The Balaban J connectivity index is 2.43. The molecule has 1 atom stereocenters. The molecule has 2 rings (SSSR count). The van der Waals surface area contributed by atoms with Crippen molar-refractivity contribution in [3.05, 3.63) is 53.6 Å². The number of ketones is 1. The molecular formula is C16H18ClN3O2. The quantitative estimate of drug-likeness (QED) is 0.879. The summed E-state index contributed by atoms with van der Waals surface area (Å²) in [5.74, 6) is -0.106. The SMILES string of the molecule is CC(C)(C)C(=O)C=C(C(O)c1ccc(Cl)cc1)n1cncn1. The Morgan fingerprint density at radius 3 is 2.45 bits per heavy atom. The highest BCUT2D eigenvalue weighted by molar-refractivity contribution is 6.30. The minimum absolute atomic E-state index is 0.106. The second-order valence-corrected chi connectivity index (χ2v) is 6.41. The second-order valence-electron chi connectivity index (χ2n) is 5.98. The van der Waals surface area contributed by atoms with Crippen LogP contribution in [0.2, 0.25) is 5.02 Å². The van der Waals surface area contributed by atoms with Crippen molar-refractivity contribution in [1.82, 2.24) is 14.8 Å². The maximum absolute atomic E-state index is 12.3. The summed E-state index contributed by atoms with van der Waals surface area (Å²) in [4.78, 5) is 16.2. The van der Waals surface area contributed by atoms with E-state index in [2.05, 4.69) is 10.1 Å². The van der Waals surface area contributed by atoms with Crippen molar-refractivity contribution in [2.24, 2.45) is 5.41 Å². The van der Waals surface area contributed by atoms with E-state index in [-0.39, 0.29) is 5.78 Å². The maximum atomic E-state index is 12.3. The number of aliphatic hydroxyl groups is 1. The minimum Gasteiger partial charge on any atom is -0.382 e. The lowest BCUT2D eigenvalue weighted by Gasteiger charge is -2.18. The van der Waals surface area contributed by atoms with Crippen LogP contribution in [0.15, 0.2) is 43.0 Å². The minimum atomic E-state index is -1.01. The number of hydrogen-bond acceptors (Lipinski definition) is 4. The molecule has 5 nitrogen and oxygen atoms in total. The lowest BCUT2D eigenvalue weighted by Crippen LogP contribution is -2.20. The van der Waals surface area contributed by atoms with Gasteiger partial charge < -0.3 is 5.11 Å². The Kier molecular flexibility index (Phi) is 4.78. The molecule has 0 bridgehead atoms. The smallest absolute Gasteiger partial charge is 0.162 e. The molecule has 0 saturated carbocycles. The van der Waals surface area contributed by atoms with Crippen molar-refractivity contribution in [3.8, 4) is 0 Å². The molecule has 116 valence electrons. The van der Waals surface area contributed by atoms with Gasteiger partial charge in [-0.25, -0.2) is 9.67 Å². The molecule has 1 aromatic carbocycles. The predicted octanol–water partition coefficient (Wildman–Crippen LogP) is 3.12. The van der Waals surface area contributed by atoms with Crippen LogP contribution in [-0.4, -0.2) is 25.7 Å². The van der Waals surface area contributed by atoms with E-state index in [0.29, 0.717) is 16.3 Å². The van der Waals surface area contributed by atoms with Crippen LogP contribution in [0.1, 0.15) is 32.4 Å². The number of hydrogen-bond donors (Lipinski definition) is 1. The number of allylic oxidation sites excluding steroid dienone is 1. The number of carbonyl (C=O) groups excluding carboxylic acids is 1. The first-order chi connectivity index (χ1) is 10.3. The van der Waals surface area contributed by atoms with Gasteiger partial charge in [-0.15, -0.1) is 0 Å². The van der Waals surface area contributed by atoms with Gasteiger partial charge in [0.25, 0.3) is 0 Å². The second kappa shape index (κ2) is 6.42. The van der Waals surface area contributed by atoms with Gasteiger partial charge in [0.15, 0.2) is 5.78 Å². The molecule has 0 saturated heterocycles. The fourth-order valence-electron chi connectivity index (χ4n) is 1.78. The standard InChI is InChI=1S/C16H18ClN3O2/c1-16(2,3)14(21)8-13(20-10-18-9-19-20)15(22)11-4-6-12(17)7-5-11/h4-10,15,22H,1-3H3. The molecule has 1 aromatic heterocycles. The van der Waals surface area contributed by atoms with E-state index in [1.165, 1.54) is 23.4 Å². The van der Waals surface area contributed by atoms with Crippen LogP contribution < -0.4 is 0 Å². The fraction of sp³-hybridized carbons (Fsp3) is 0.312. The topological polar surface area (TPSA) is 68.0 Å². The molecule has 2 aromatic rings. The number of aliphatic hydroxyl groups excluding tert-OH is 1. The molecule has 0 fully saturated rings. The molecule has 22 heavy (non-hydrogen) atoms. The molecule has 0 aliphatic heterocycles. The summed E-state index contributed by atoms with van der Waals surface area (Å²) >= 11 is 5.86. The van der Waals surface area contributed by atoms with Crippen LogP contribution in [0.25, 0.3) is 5.70 Å². The van der Waals surface area contributed by atoms with Crippen molar-refractivity contribution in [2.75, 3.05) is 0 Å². The van der Waals surface area contributed by atoms with Gasteiger partial charge in [0.05, 0.1) is 5.70 Å². The Bertz CT molecular complexity index is 670. The number of benzene rings is 1. The van der Waals surface area contributed by atoms with Gasteiger partial charge in [-0.2, -0.15) is 5.10 Å². The monoisotopic (exact) mass is 319 g/mol. The third kappa shape index (κ3) is 3.81. The van der Waals surface area contributed by atoms with Gasteiger partial charge in [-0.3, -0.25) is 4.79 Å². The Hall–Kier alpha value is -1.98. The normalized spacial score (nSPS) is 14.0. The summed E-state index contributed by atoms with van der Waals surface area (Å²) in [6.07, 6.45) is 3.20. The first-order valence-corrected chi connectivity index (χ1v) is 7.21. The highest BCUT2D eigenvalue weighted by Crippen LogP contribution is 2.27. The number of carbonyl (C=O) groups is 1. The zero-order chi connectivity index (χ0) is 16.3. The summed E-state index contributed by atoms with van der Waals surface area (Å²) in [6.45, 7) is 5.46. The van der Waals surface area contributed by atoms with E-state index in [9.17, 15) is 9.90 Å². The summed E-state index contributed by atoms with van der Waals surface area (Å²) < 4.78 is 1.39. The highest BCUT2D eigenvalue weighted by atomic mass is 35.5. The van der Waals surface area contributed by atoms with Gasteiger partial charge in [-0.05, 0) is 17.7 Å². The average molecular weight is 320 g/mol. The maximum Gasteiger partial charge on any atom is 0.162 e. The van der Waals surface area contributed by atoms with Crippen molar-refractivity contribution < 1.29 is 9.90 Å². The molecule has 6 heteroatoms. The zero-order valence-corrected chi connectivity index (χ0v) is 13.4. The molecule has 0 aliphatic carbocycles. The van der Waals surface area contributed by atoms with Crippen LogP contribution in [-0.2, 0) is 4.79 Å². The van der Waals surface area contributed by atoms with E-state index in [4.69, 9.17) is 11.6 Å². The third-order valence-corrected chi connectivity index (χ3v) is 3.42. The molecule has 1 heterocycles. The van der Waals surface area contributed by atoms with E-state index in [1.807, 2.05) is 20.8 Å². The average Bonchev–Trinajstić information content (AvgIpc) is 2.97. The Morgan fingerprint density at radius 2 is 1.95 bits per heavy atom.